The van der Waals surface area contributed by atoms with Crippen LogP contribution < -0.4 is 5.32 Å². The van der Waals surface area contributed by atoms with Gasteiger partial charge in [-0.25, -0.2) is 4.39 Å². The molecular weight excluding hydrogens is 275 g/mol. The molecule has 1 heterocycles. The summed E-state index contributed by atoms with van der Waals surface area (Å²) in [6, 6.07) is 6.15. The van der Waals surface area contributed by atoms with Gasteiger partial charge in [0.2, 0.25) is 0 Å². The maximum atomic E-state index is 14.0. The first-order valence-corrected chi connectivity index (χ1v) is 7.75. The second-order valence-electron chi connectivity index (χ2n) is 6.23. The molecule has 0 aromatic heterocycles. The van der Waals surface area contributed by atoms with Crippen LogP contribution in [-0.2, 0) is 6.54 Å². The number of benzene rings is 1. The molecule has 0 bridgehead atoms. The van der Waals surface area contributed by atoms with Gasteiger partial charge in [0.15, 0.2) is 0 Å². The second-order valence-corrected chi connectivity index (χ2v) is 6.63. The maximum Gasteiger partial charge on any atom is 0.146 e. The summed E-state index contributed by atoms with van der Waals surface area (Å²) in [6.07, 6.45) is 1.15. The van der Waals surface area contributed by atoms with Crippen molar-refractivity contribution in [1.29, 1.82) is 0 Å². The van der Waals surface area contributed by atoms with E-state index in [1.165, 1.54) is 0 Å². The van der Waals surface area contributed by atoms with Crippen molar-refractivity contribution in [2.45, 2.75) is 45.8 Å². The fourth-order valence-electron chi connectivity index (χ4n) is 2.83. The summed E-state index contributed by atoms with van der Waals surface area (Å²) in [5, 5.41) is 3.79. The second kappa shape index (κ2) is 6.88. The van der Waals surface area contributed by atoms with Gasteiger partial charge in [-0.3, -0.25) is 4.90 Å². The Morgan fingerprint density at radius 3 is 2.90 bits per heavy atom. The average molecular weight is 299 g/mol. The summed E-state index contributed by atoms with van der Waals surface area (Å²) in [7, 11) is 0. The molecule has 0 saturated carbocycles. The van der Waals surface area contributed by atoms with Crippen LogP contribution in [0.1, 0.15) is 32.8 Å². The van der Waals surface area contributed by atoms with Crippen molar-refractivity contribution >= 4 is 11.6 Å². The van der Waals surface area contributed by atoms with Crippen LogP contribution in [0, 0.1) is 11.7 Å². The highest BCUT2D eigenvalue weighted by Gasteiger charge is 2.26. The van der Waals surface area contributed by atoms with E-state index in [0.717, 1.165) is 19.5 Å². The molecule has 1 aliphatic rings. The molecule has 0 aliphatic carbocycles. The third-order valence-corrected chi connectivity index (χ3v) is 4.23. The molecule has 1 aromatic rings. The lowest BCUT2D eigenvalue weighted by Gasteiger charge is -2.39. The zero-order chi connectivity index (χ0) is 14.7. The van der Waals surface area contributed by atoms with Crippen LogP contribution >= 0.6 is 11.6 Å². The summed E-state index contributed by atoms with van der Waals surface area (Å²) in [4.78, 5) is 2.35. The van der Waals surface area contributed by atoms with Crippen molar-refractivity contribution in [3.8, 4) is 0 Å². The largest absolute Gasteiger partial charge is 0.311 e. The van der Waals surface area contributed by atoms with Crippen LogP contribution in [0.15, 0.2) is 18.2 Å². The normalized spacial score (nSPS) is 24.3. The SMILES string of the molecule is CC(C)CC1CN(Cc2cccc(Cl)c2F)C(C)CN1. The van der Waals surface area contributed by atoms with E-state index in [-0.39, 0.29) is 10.8 Å². The van der Waals surface area contributed by atoms with E-state index in [1.807, 2.05) is 12.1 Å². The smallest absolute Gasteiger partial charge is 0.146 e. The minimum atomic E-state index is -0.277. The van der Waals surface area contributed by atoms with E-state index in [2.05, 4.69) is 31.0 Å². The molecule has 0 radical (unpaired) electrons. The van der Waals surface area contributed by atoms with Gasteiger partial charge in [-0.1, -0.05) is 37.6 Å². The predicted octanol–water partition coefficient (Wildman–Crippen LogP) is 3.69. The monoisotopic (exact) mass is 298 g/mol. The molecule has 2 rings (SSSR count). The number of hydrogen-bond acceptors (Lipinski definition) is 2. The molecule has 1 fully saturated rings. The van der Waals surface area contributed by atoms with Crippen molar-refractivity contribution in [1.82, 2.24) is 10.2 Å². The molecule has 1 aliphatic heterocycles. The Labute approximate surface area is 126 Å². The van der Waals surface area contributed by atoms with E-state index in [1.54, 1.807) is 6.07 Å². The molecule has 0 spiro atoms. The van der Waals surface area contributed by atoms with Gasteiger partial charge in [0.1, 0.15) is 5.82 Å². The molecule has 1 aromatic carbocycles. The molecule has 2 atom stereocenters. The lowest BCUT2D eigenvalue weighted by atomic mass is 9.99. The summed E-state index contributed by atoms with van der Waals surface area (Å²) in [5.74, 6) is 0.394. The van der Waals surface area contributed by atoms with Gasteiger partial charge in [0.05, 0.1) is 5.02 Å². The number of halogens is 2. The van der Waals surface area contributed by atoms with Gasteiger partial charge < -0.3 is 5.32 Å². The Morgan fingerprint density at radius 2 is 2.20 bits per heavy atom. The maximum absolute atomic E-state index is 14.0. The number of nitrogens with one attached hydrogen (secondary N) is 1. The highest BCUT2D eigenvalue weighted by atomic mass is 35.5. The summed E-state index contributed by atoms with van der Waals surface area (Å²) < 4.78 is 14.0. The summed E-state index contributed by atoms with van der Waals surface area (Å²) >= 11 is 5.86. The van der Waals surface area contributed by atoms with Gasteiger partial charge in [0.25, 0.3) is 0 Å². The van der Waals surface area contributed by atoms with E-state index < -0.39 is 0 Å². The highest BCUT2D eigenvalue weighted by Crippen LogP contribution is 2.21. The zero-order valence-electron chi connectivity index (χ0n) is 12.5. The number of nitrogens with zero attached hydrogens (tertiary/aromatic N) is 1. The molecule has 20 heavy (non-hydrogen) atoms. The fraction of sp³-hybridized carbons (Fsp3) is 0.625. The summed E-state index contributed by atoms with van der Waals surface area (Å²) in [6.45, 7) is 9.21. The molecule has 2 nitrogen and oxygen atoms in total. The third-order valence-electron chi connectivity index (χ3n) is 3.94. The van der Waals surface area contributed by atoms with Gasteiger partial charge in [0, 0.05) is 37.3 Å². The minimum absolute atomic E-state index is 0.212. The zero-order valence-corrected chi connectivity index (χ0v) is 13.3. The van der Waals surface area contributed by atoms with Crippen molar-refractivity contribution in [3.05, 3.63) is 34.6 Å². The number of hydrogen-bond donors (Lipinski definition) is 1. The van der Waals surface area contributed by atoms with Crippen molar-refractivity contribution in [2.75, 3.05) is 13.1 Å². The van der Waals surface area contributed by atoms with E-state index >= 15 is 0 Å². The lowest BCUT2D eigenvalue weighted by molar-refractivity contribution is 0.123. The molecule has 2 unspecified atom stereocenters. The van der Waals surface area contributed by atoms with E-state index in [0.29, 0.717) is 30.1 Å². The Kier molecular flexibility index (Phi) is 5.42. The van der Waals surface area contributed by atoms with Crippen molar-refractivity contribution in [3.63, 3.8) is 0 Å². The van der Waals surface area contributed by atoms with Gasteiger partial charge in [-0.15, -0.1) is 0 Å². The van der Waals surface area contributed by atoms with E-state index in [9.17, 15) is 4.39 Å². The highest BCUT2D eigenvalue weighted by molar-refractivity contribution is 6.30. The quantitative estimate of drug-likeness (QED) is 0.912. The Balaban J connectivity index is 2.04. The average Bonchev–Trinajstić information content (AvgIpc) is 2.38. The van der Waals surface area contributed by atoms with Crippen LogP contribution in [-0.4, -0.2) is 30.1 Å². The van der Waals surface area contributed by atoms with Gasteiger partial charge in [-0.05, 0) is 25.3 Å². The predicted molar refractivity (Wildman–Crippen MR) is 82.5 cm³/mol. The van der Waals surface area contributed by atoms with Crippen LogP contribution in [0.25, 0.3) is 0 Å². The number of piperazine rings is 1. The third kappa shape index (κ3) is 3.94. The topological polar surface area (TPSA) is 15.3 Å². The molecule has 0 amide bonds. The Morgan fingerprint density at radius 1 is 1.45 bits per heavy atom. The molecule has 4 heteroatoms. The molecule has 1 saturated heterocycles. The van der Waals surface area contributed by atoms with Crippen LogP contribution in [0.2, 0.25) is 5.02 Å². The van der Waals surface area contributed by atoms with Crippen LogP contribution in [0.3, 0.4) is 0 Å². The lowest BCUT2D eigenvalue weighted by Crippen LogP contribution is -2.55. The summed E-state index contributed by atoms with van der Waals surface area (Å²) in [5.41, 5.74) is 0.689. The first-order chi connectivity index (χ1) is 9.47. The standard InChI is InChI=1S/C16H24ClFN2/c1-11(2)7-14-10-20(12(3)8-19-14)9-13-5-4-6-15(17)16(13)18/h4-6,11-12,14,19H,7-10H2,1-3H3. The molecular formula is C16H24ClFN2. The van der Waals surface area contributed by atoms with Crippen LogP contribution in [0.5, 0.6) is 0 Å². The number of rotatable bonds is 4. The minimum Gasteiger partial charge on any atom is -0.311 e. The van der Waals surface area contributed by atoms with Crippen molar-refractivity contribution < 1.29 is 4.39 Å². The van der Waals surface area contributed by atoms with Crippen molar-refractivity contribution in [2.24, 2.45) is 5.92 Å². The Hall–Kier alpha value is -0.640. The Bertz CT molecular complexity index is 450. The van der Waals surface area contributed by atoms with Crippen LogP contribution in [0.4, 0.5) is 4.39 Å². The van der Waals surface area contributed by atoms with Gasteiger partial charge in [-0.2, -0.15) is 0 Å². The molecule has 112 valence electrons. The first kappa shape index (κ1) is 15.7. The molecule has 1 N–H and O–H groups in total. The fourth-order valence-corrected chi connectivity index (χ4v) is 3.02. The van der Waals surface area contributed by atoms with Gasteiger partial charge >= 0.3 is 0 Å². The first-order valence-electron chi connectivity index (χ1n) is 7.37. The van der Waals surface area contributed by atoms with E-state index in [4.69, 9.17) is 11.6 Å².